The molecule has 0 atom stereocenters. The van der Waals surface area contributed by atoms with Gasteiger partial charge < -0.3 is 9.84 Å². The van der Waals surface area contributed by atoms with E-state index >= 15 is 0 Å². The second-order valence-corrected chi connectivity index (χ2v) is 8.24. The number of aromatic amines is 1. The number of thioether (sulfide) groups is 1. The van der Waals surface area contributed by atoms with Gasteiger partial charge in [0.15, 0.2) is 0 Å². The average Bonchev–Trinajstić information content (AvgIpc) is 3.24. The number of carbonyl (C=O) groups is 1. The van der Waals surface area contributed by atoms with E-state index in [0.717, 1.165) is 46.9 Å². The van der Waals surface area contributed by atoms with Crippen molar-refractivity contribution in [3.05, 3.63) is 88.6 Å². The van der Waals surface area contributed by atoms with Gasteiger partial charge in [0.1, 0.15) is 23.1 Å². The van der Waals surface area contributed by atoms with Crippen LogP contribution in [-0.2, 0) is 17.8 Å². The van der Waals surface area contributed by atoms with Crippen LogP contribution in [0.2, 0.25) is 0 Å². The number of nitrogens with one attached hydrogen (secondary N) is 1. The summed E-state index contributed by atoms with van der Waals surface area (Å²) in [5.74, 6) is 0.395. The SMILES string of the molecule is CCCc1nc(S/C(=C\c2cccc(OCc3cccc4ccccc34)c2)C(=O)O)n[nH]1. The van der Waals surface area contributed by atoms with Crippen LogP contribution < -0.4 is 4.74 Å². The normalized spacial score (nSPS) is 11.6. The number of nitrogens with zero attached hydrogens (tertiary/aromatic N) is 2. The zero-order valence-corrected chi connectivity index (χ0v) is 18.4. The highest BCUT2D eigenvalue weighted by Gasteiger charge is 2.14. The number of H-pyrrole nitrogens is 1. The highest BCUT2D eigenvalue weighted by atomic mass is 32.2. The first-order valence-electron chi connectivity index (χ1n) is 10.4. The van der Waals surface area contributed by atoms with Crippen molar-refractivity contribution >= 4 is 34.6 Å². The molecular weight excluding hydrogens is 422 g/mol. The van der Waals surface area contributed by atoms with E-state index in [0.29, 0.717) is 17.5 Å². The highest BCUT2D eigenvalue weighted by molar-refractivity contribution is 8.04. The summed E-state index contributed by atoms with van der Waals surface area (Å²) >= 11 is 1.02. The van der Waals surface area contributed by atoms with E-state index in [2.05, 4.69) is 39.4 Å². The Hall–Kier alpha value is -3.58. The van der Waals surface area contributed by atoms with Gasteiger partial charge in [0.2, 0.25) is 5.16 Å². The maximum absolute atomic E-state index is 11.8. The predicted octanol–water partition coefficient (Wildman–Crippen LogP) is 5.71. The summed E-state index contributed by atoms with van der Waals surface area (Å²) in [5, 5.41) is 19.3. The van der Waals surface area contributed by atoms with Gasteiger partial charge >= 0.3 is 5.97 Å². The minimum absolute atomic E-state index is 0.137. The van der Waals surface area contributed by atoms with Crippen molar-refractivity contribution < 1.29 is 14.6 Å². The van der Waals surface area contributed by atoms with E-state index in [4.69, 9.17) is 4.74 Å². The van der Waals surface area contributed by atoms with E-state index < -0.39 is 5.97 Å². The van der Waals surface area contributed by atoms with Crippen LogP contribution in [0.4, 0.5) is 0 Å². The lowest BCUT2D eigenvalue weighted by Gasteiger charge is -2.10. The van der Waals surface area contributed by atoms with Gasteiger partial charge in [-0.05, 0) is 58.3 Å². The Morgan fingerprint density at radius 2 is 1.94 bits per heavy atom. The number of aliphatic carboxylic acids is 1. The Bertz CT molecular complexity index is 1260. The Morgan fingerprint density at radius 3 is 2.78 bits per heavy atom. The zero-order chi connectivity index (χ0) is 22.3. The molecule has 2 N–H and O–H groups in total. The molecule has 0 saturated carbocycles. The van der Waals surface area contributed by atoms with Crippen LogP contribution in [0, 0.1) is 0 Å². The van der Waals surface area contributed by atoms with Crippen molar-refractivity contribution in [2.75, 3.05) is 0 Å². The number of aryl methyl sites for hydroxylation is 1. The first kappa shape index (κ1) is 21.6. The minimum atomic E-state index is -1.03. The lowest BCUT2D eigenvalue weighted by atomic mass is 10.1. The molecule has 0 aliphatic rings. The monoisotopic (exact) mass is 445 g/mol. The third-order valence-electron chi connectivity index (χ3n) is 4.84. The molecular formula is C25H23N3O3S. The van der Waals surface area contributed by atoms with Crippen LogP contribution in [-0.4, -0.2) is 26.3 Å². The van der Waals surface area contributed by atoms with Gasteiger partial charge in [0.25, 0.3) is 0 Å². The Kier molecular flexibility index (Phi) is 6.87. The summed E-state index contributed by atoms with van der Waals surface area (Å²) in [6, 6.07) is 21.7. The molecule has 7 heteroatoms. The molecule has 0 bridgehead atoms. The molecule has 0 unspecified atom stereocenters. The van der Waals surface area contributed by atoms with Crippen LogP contribution in [0.25, 0.3) is 16.8 Å². The van der Waals surface area contributed by atoms with Crippen molar-refractivity contribution in [2.45, 2.75) is 31.5 Å². The molecule has 1 heterocycles. The fraction of sp³-hybridized carbons (Fsp3) is 0.160. The molecule has 0 aliphatic heterocycles. The Labute approximate surface area is 190 Å². The van der Waals surface area contributed by atoms with Crippen molar-refractivity contribution in [1.29, 1.82) is 0 Å². The fourth-order valence-corrected chi connectivity index (χ4v) is 4.06. The van der Waals surface area contributed by atoms with Crippen LogP contribution in [0.15, 0.2) is 76.8 Å². The van der Waals surface area contributed by atoms with Crippen LogP contribution in [0.3, 0.4) is 0 Å². The highest BCUT2D eigenvalue weighted by Crippen LogP contribution is 2.27. The third-order valence-corrected chi connectivity index (χ3v) is 5.72. The number of hydrogen-bond acceptors (Lipinski definition) is 5. The Balaban J connectivity index is 1.50. The number of rotatable bonds is 9. The number of aromatic nitrogens is 3. The maximum Gasteiger partial charge on any atom is 0.342 e. The second kappa shape index (κ2) is 10.2. The smallest absolute Gasteiger partial charge is 0.342 e. The first-order chi connectivity index (χ1) is 15.6. The van der Waals surface area contributed by atoms with Gasteiger partial charge in [-0.25, -0.2) is 9.78 Å². The molecule has 32 heavy (non-hydrogen) atoms. The van der Waals surface area contributed by atoms with E-state index in [1.807, 2.05) is 49.4 Å². The zero-order valence-electron chi connectivity index (χ0n) is 17.6. The quantitative estimate of drug-likeness (QED) is 0.254. The average molecular weight is 446 g/mol. The molecule has 4 rings (SSSR count). The van der Waals surface area contributed by atoms with Crippen molar-refractivity contribution in [3.63, 3.8) is 0 Å². The molecule has 0 spiro atoms. The number of fused-ring (bicyclic) bond motifs is 1. The second-order valence-electron chi connectivity index (χ2n) is 7.23. The van der Waals surface area contributed by atoms with Crippen LogP contribution in [0.5, 0.6) is 5.75 Å². The maximum atomic E-state index is 11.8. The standard InChI is InChI=1S/C25H23N3O3S/c1-2-7-23-26-25(28-27-23)32-22(24(29)30)15-17-8-5-12-20(14-17)31-16-19-11-6-10-18-9-3-4-13-21(18)19/h3-6,8-15H,2,7,16H2,1H3,(H,29,30)(H,26,27,28)/b22-15-. The number of hydrogen-bond donors (Lipinski definition) is 2. The minimum Gasteiger partial charge on any atom is -0.489 e. The Morgan fingerprint density at radius 1 is 1.12 bits per heavy atom. The molecule has 0 amide bonds. The summed E-state index contributed by atoms with van der Waals surface area (Å²) in [7, 11) is 0. The van der Waals surface area contributed by atoms with Crippen LogP contribution >= 0.6 is 11.8 Å². The molecule has 0 saturated heterocycles. The molecule has 162 valence electrons. The van der Waals surface area contributed by atoms with Gasteiger partial charge in [-0.3, -0.25) is 5.10 Å². The third kappa shape index (κ3) is 5.36. The molecule has 3 aromatic carbocycles. The topological polar surface area (TPSA) is 88.1 Å². The molecule has 6 nitrogen and oxygen atoms in total. The molecule has 4 aromatic rings. The number of carboxylic acid groups (broad SMARTS) is 1. The van der Waals surface area contributed by atoms with Crippen molar-refractivity contribution in [3.8, 4) is 5.75 Å². The molecule has 0 fully saturated rings. The van der Waals surface area contributed by atoms with Gasteiger partial charge in [0.05, 0.1) is 0 Å². The van der Waals surface area contributed by atoms with Crippen molar-refractivity contribution in [2.24, 2.45) is 0 Å². The van der Waals surface area contributed by atoms with E-state index in [1.165, 1.54) is 5.39 Å². The van der Waals surface area contributed by atoms with E-state index in [1.54, 1.807) is 6.08 Å². The fourth-order valence-electron chi connectivity index (χ4n) is 3.33. The first-order valence-corrected chi connectivity index (χ1v) is 11.2. The van der Waals surface area contributed by atoms with E-state index in [-0.39, 0.29) is 4.91 Å². The van der Waals surface area contributed by atoms with Crippen molar-refractivity contribution in [1.82, 2.24) is 15.2 Å². The van der Waals surface area contributed by atoms with Crippen LogP contribution in [0.1, 0.15) is 30.3 Å². The van der Waals surface area contributed by atoms with Gasteiger partial charge in [-0.1, -0.05) is 61.5 Å². The largest absolute Gasteiger partial charge is 0.489 e. The summed E-state index contributed by atoms with van der Waals surface area (Å²) in [5.41, 5.74) is 1.83. The van der Waals surface area contributed by atoms with Gasteiger partial charge in [0, 0.05) is 6.42 Å². The molecule has 1 aromatic heterocycles. The summed E-state index contributed by atoms with van der Waals surface area (Å²) in [4.78, 5) is 16.2. The lowest BCUT2D eigenvalue weighted by molar-refractivity contribution is -0.131. The van der Waals surface area contributed by atoms with Gasteiger partial charge in [-0.2, -0.15) is 0 Å². The number of ether oxygens (including phenoxy) is 1. The molecule has 0 aliphatic carbocycles. The van der Waals surface area contributed by atoms with Gasteiger partial charge in [-0.15, -0.1) is 5.10 Å². The predicted molar refractivity (Wildman–Crippen MR) is 127 cm³/mol. The summed E-state index contributed by atoms with van der Waals surface area (Å²) < 4.78 is 6.02. The number of benzene rings is 3. The lowest BCUT2D eigenvalue weighted by Crippen LogP contribution is -1.98. The molecule has 0 radical (unpaired) electrons. The summed E-state index contributed by atoms with van der Waals surface area (Å²) in [6.45, 7) is 2.47. The number of carboxylic acids is 1. The summed E-state index contributed by atoms with van der Waals surface area (Å²) in [6.07, 6.45) is 3.32. The van der Waals surface area contributed by atoms with E-state index in [9.17, 15) is 9.90 Å².